The molecule has 0 bridgehead atoms. The van der Waals surface area contributed by atoms with E-state index in [9.17, 15) is 4.79 Å². The van der Waals surface area contributed by atoms with Crippen molar-refractivity contribution < 1.29 is 9.53 Å². The second kappa shape index (κ2) is 12.2. The van der Waals surface area contributed by atoms with Crippen LogP contribution in [0.25, 0.3) is 0 Å². The number of hydrogen-bond donors (Lipinski definition) is 3. The zero-order valence-corrected chi connectivity index (χ0v) is 15.7. The van der Waals surface area contributed by atoms with Crippen LogP contribution in [0.1, 0.15) is 24.5 Å². The van der Waals surface area contributed by atoms with Crippen LogP contribution in [0.4, 0.5) is 0 Å². The summed E-state index contributed by atoms with van der Waals surface area (Å²) in [5.74, 6) is 1.67. The number of nitrogens with two attached hydrogens (primary N) is 2. The van der Waals surface area contributed by atoms with Crippen LogP contribution in [-0.4, -0.2) is 43.7 Å². The van der Waals surface area contributed by atoms with Crippen molar-refractivity contribution in [2.24, 2.45) is 11.5 Å². The first kappa shape index (κ1) is 21.8. The van der Waals surface area contributed by atoms with Crippen molar-refractivity contribution >= 4 is 17.7 Å². The van der Waals surface area contributed by atoms with Gasteiger partial charge in [-0.15, -0.1) is 0 Å². The van der Waals surface area contributed by atoms with Crippen LogP contribution >= 0.6 is 11.8 Å². The Morgan fingerprint density at radius 1 is 1.35 bits per heavy atom. The molecule has 0 radical (unpaired) electrons. The van der Waals surface area contributed by atoms with Gasteiger partial charge in [-0.1, -0.05) is 18.2 Å². The number of para-hydroxylation sites is 1. The molecule has 5 N–H and O–H groups in total. The minimum atomic E-state index is -0.267. The first-order chi connectivity index (χ1) is 10.8. The number of carbonyl (C=O) groups is 1. The zero-order valence-electron chi connectivity index (χ0n) is 14.9. The summed E-state index contributed by atoms with van der Waals surface area (Å²) in [6.07, 6.45) is 2.82. The third-order valence-electron chi connectivity index (χ3n) is 3.20. The van der Waals surface area contributed by atoms with Gasteiger partial charge in [0.15, 0.2) is 0 Å². The lowest BCUT2D eigenvalue weighted by molar-refractivity contribution is -0.119. The largest absolute Gasteiger partial charge is 0.491 e. The first-order valence-corrected chi connectivity index (χ1v) is 9.12. The predicted octanol–water partition coefficient (Wildman–Crippen LogP) is 1.84. The highest BCUT2D eigenvalue weighted by atomic mass is 32.2. The lowest BCUT2D eigenvalue weighted by Crippen LogP contribution is -2.39. The van der Waals surface area contributed by atoms with Gasteiger partial charge in [0, 0.05) is 6.04 Å². The van der Waals surface area contributed by atoms with Crippen molar-refractivity contribution in [2.75, 3.05) is 25.7 Å². The minimum absolute atomic E-state index is 0.0824. The molecule has 5 nitrogen and oxygen atoms in total. The fourth-order valence-electron chi connectivity index (χ4n) is 1.91. The Bertz CT molecular complexity index is 447. The average Bonchev–Trinajstić information content (AvgIpc) is 2.47. The Morgan fingerprint density at radius 2 is 1.91 bits per heavy atom. The SMILES string of the molecule is CNC(CCSC)C(N)=O.Cc1cccc(C)c1OCC(C)N. The van der Waals surface area contributed by atoms with Crippen LogP contribution in [-0.2, 0) is 4.79 Å². The van der Waals surface area contributed by atoms with Crippen molar-refractivity contribution in [2.45, 2.75) is 39.3 Å². The number of benzene rings is 1. The number of hydrogen-bond acceptors (Lipinski definition) is 5. The van der Waals surface area contributed by atoms with E-state index in [4.69, 9.17) is 16.2 Å². The summed E-state index contributed by atoms with van der Waals surface area (Å²) in [5.41, 5.74) is 13.0. The number of primary amides is 1. The molecular formula is C17H31N3O2S. The van der Waals surface area contributed by atoms with Gasteiger partial charge in [0.2, 0.25) is 5.91 Å². The molecule has 1 amide bonds. The van der Waals surface area contributed by atoms with E-state index < -0.39 is 0 Å². The fraction of sp³-hybridized carbons (Fsp3) is 0.588. The summed E-state index contributed by atoms with van der Waals surface area (Å²) >= 11 is 1.71. The summed E-state index contributed by atoms with van der Waals surface area (Å²) in [6, 6.07) is 6.04. The van der Waals surface area contributed by atoms with Crippen LogP contribution in [0.3, 0.4) is 0 Å². The van der Waals surface area contributed by atoms with Crippen LogP contribution in [0.15, 0.2) is 18.2 Å². The number of nitrogens with one attached hydrogen (secondary N) is 1. The van der Waals surface area contributed by atoms with Gasteiger partial charge in [-0.2, -0.15) is 11.8 Å². The molecule has 1 aromatic rings. The van der Waals surface area contributed by atoms with Crippen molar-refractivity contribution in [3.63, 3.8) is 0 Å². The predicted molar refractivity (Wildman–Crippen MR) is 100 cm³/mol. The highest BCUT2D eigenvalue weighted by Crippen LogP contribution is 2.22. The van der Waals surface area contributed by atoms with Gasteiger partial charge < -0.3 is 21.5 Å². The number of amides is 1. The van der Waals surface area contributed by atoms with Crippen LogP contribution in [0.2, 0.25) is 0 Å². The van der Waals surface area contributed by atoms with E-state index in [1.807, 2.05) is 45.2 Å². The van der Waals surface area contributed by atoms with Crippen molar-refractivity contribution in [3.05, 3.63) is 29.3 Å². The Morgan fingerprint density at radius 3 is 2.30 bits per heavy atom. The maximum Gasteiger partial charge on any atom is 0.234 e. The summed E-state index contributed by atoms with van der Waals surface area (Å²) < 4.78 is 5.60. The van der Waals surface area contributed by atoms with Gasteiger partial charge >= 0.3 is 0 Å². The maximum atomic E-state index is 10.6. The summed E-state index contributed by atoms with van der Waals surface area (Å²) in [4.78, 5) is 10.6. The molecule has 0 fully saturated rings. The van der Waals surface area contributed by atoms with Crippen LogP contribution < -0.4 is 21.5 Å². The second-order valence-corrected chi connectivity index (χ2v) is 6.52. The number of rotatable bonds is 8. The van der Waals surface area contributed by atoms with Crippen molar-refractivity contribution in [3.8, 4) is 5.75 Å². The van der Waals surface area contributed by atoms with Crippen molar-refractivity contribution in [1.82, 2.24) is 5.32 Å². The summed E-state index contributed by atoms with van der Waals surface area (Å²) in [5, 5.41) is 2.85. The molecule has 0 aliphatic heterocycles. The Hall–Kier alpha value is -1.24. The lowest BCUT2D eigenvalue weighted by atomic mass is 10.1. The number of ether oxygens (including phenoxy) is 1. The third-order valence-corrected chi connectivity index (χ3v) is 3.85. The average molecular weight is 342 g/mol. The van der Waals surface area contributed by atoms with Gasteiger partial charge in [-0.25, -0.2) is 0 Å². The maximum absolute atomic E-state index is 10.6. The molecule has 0 aliphatic rings. The first-order valence-electron chi connectivity index (χ1n) is 7.73. The van der Waals surface area contributed by atoms with E-state index in [-0.39, 0.29) is 18.0 Å². The van der Waals surface area contributed by atoms with Crippen LogP contribution in [0.5, 0.6) is 5.75 Å². The van der Waals surface area contributed by atoms with Gasteiger partial charge in [-0.3, -0.25) is 4.79 Å². The van der Waals surface area contributed by atoms with E-state index >= 15 is 0 Å². The zero-order chi connectivity index (χ0) is 17.8. The molecule has 1 rings (SSSR count). The Kier molecular flexibility index (Phi) is 11.6. The molecule has 132 valence electrons. The van der Waals surface area contributed by atoms with E-state index in [0.29, 0.717) is 6.61 Å². The summed E-state index contributed by atoms with van der Waals surface area (Å²) in [7, 11) is 1.75. The molecule has 1 aromatic carbocycles. The number of aryl methyl sites for hydroxylation is 2. The molecule has 0 saturated carbocycles. The highest BCUT2D eigenvalue weighted by Gasteiger charge is 2.10. The molecule has 2 atom stereocenters. The quantitative estimate of drug-likeness (QED) is 0.671. The topological polar surface area (TPSA) is 90.4 Å². The molecule has 23 heavy (non-hydrogen) atoms. The Balaban J connectivity index is 0.000000438. The summed E-state index contributed by atoms with van der Waals surface area (Å²) in [6.45, 7) is 6.60. The molecule has 0 spiro atoms. The van der Waals surface area contributed by atoms with Gasteiger partial charge in [0.05, 0.1) is 6.04 Å². The van der Waals surface area contributed by atoms with Gasteiger partial charge in [0.25, 0.3) is 0 Å². The molecule has 6 heteroatoms. The van der Waals surface area contributed by atoms with Crippen molar-refractivity contribution in [1.29, 1.82) is 0 Å². The van der Waals surface area contributed by atoms with E-state index in [0.717, 1.165) is 17.9 Å². The third kappa shape index (κ3) is 9.48. The minimum Gasteiger partial charge on any atom is -0.491 e. The fourth-order valence-corrected chi connectivity index (χ4v) is 2.38. The lowest BCUT2D eigenvalue weighted by Gasteiger charge is -2.13. The standard InChI is InChI=1S/C11H17NO.C6H14N2OS/c1-8-5-4-6-9(2)11(8)13-7-10(3)12;1-8-5(6(7)9)3-4-10-2/h4-6,10H,7,12H2,1-3H3;5,8H,3-4H2,1-2H3,(H2,7,9). The number of likely N-dealkylation sites (N-methyl/N-ethyl adjacent to an activating group) is 1. The monoisotopic (exact) mass is 341 g/mol. The van der Waals surface area contributed by atoms with Crippen LogP contribution in [0, 0.1) is 13.8 Å². The normalized spacial score (nSPS) is 12.8. The smallest absolute Gasteiger partial charge is 0.234 e. The highest BCUT2D eigenvalue weighted by molar-refractivity contribution is 7.98. The second-order valence-electron chi connectivity index (χ2n) is 5.53. The van der Waals surface area contributed by atoms with E-state index in [1.165, 1.54) is 11.1 Å². The molecule has 2 unspecified atom stereocenters. The molecule has 0 saturated heterocycles. The van der Waals surface area contributed by atoms with E-state index in [1.54, 1.807) is 18.8 Å². The van der Waals surface area contributed by atoms with Gasteiger partial charge in [0.1, 0.15) is 12.4 Å². The van der Waals surface area contributed by atoms with Gasteiger partial charge in [-0.05, 0) is 57.4 Å². The Labute approximate surface area is 144 Å². The van der Waals surface area contributed by atoms with E-state index in [2.05, 4.69) is 5.32 Å². The molecule has 0 heterocycles. The molecule has 0 aromatic heterocycles. The number of carbonyl (C=O) groups excluding carboxylic acids is 1. The molecule has 0 aliphatic carbocycles. The number of thioether (sulfide) groups is 1. The molecular weight excluding hydrogens is 310 g/mol.